The van der Waals surface area contributed by atoms with Crippen molar-refractivity contribution in [3.63, 3.8) is 0 Å². The smallest absolute Gasteiger partial charge is 0.342 e. The van der Waals surface area contributed by atoms with Gasteiger partial charge in [0.15, 0.2) is 23.9 Å². The molecule has 1 aromatic rings. The van der Waals surface area contributed by atoms with Crippen molar-refractivity contribution in [1.82, 2.24) is 0 Å². The van der Waals surface area contributed by atoms with Crippen molar-refractivity contribution in [3.8, 4) is 11.5 Å². The number of benzene rings is 1. The molecule has 1 saturated heterocycles. The number of ether oxygens (including phenoxy) is 4. The van der Waals surface area contributed by atoms with E-state index < -0.39 is 53.2 Å². The molecule has 2 rings (SSSR count). The number of halogens is 2. The normalized spacial score (nSPS) is 27.6. The molecular formula is C18H24Cl2O8. The number of esters is 1. The minimum absolute atomic E-state index is 0.159. The van der Waals surface area contributed by atoms with Crippen molar-refractivity contribution in [1.29, 1.82) is 0 Å². The van der Waals surface area contributed by atoms with Gasteiger partial charge in [-0.3, -0.25) is 0 Å². The Morgan fingerprint density at radius 3 is 2.32 bits per heavy atom. The Labute approximate surface area is 172 Å². The number of hydrogen-bond acceptors (Lipinski definition) is 8. The number of methoxy groups -OCH3 is 1. The predicted molar refractivity (Wildman–Crippen MR) is 101 cm³/mol. The molecule has 0 radical (unpaired) electrons. The summed E-state index contributed by atoms with van der Waals surface area (Å²) >= 11 is 11.9. The van der Waals surface area contributed by atoms with Crippen LogP contribution in [0.2, 0.25) is 10.0 Å². The van der Waals surface area contributed by atoms with Gasteiger partial charge in [-0.1, -0.05) is 30.1 Å². The van der Waals surface area contributed by atoms with Gasteiger partial charge in [0, 0.05) is 13.7 Å². The molecular weight excluding hydrogens is 415 g/mol. The molecule has 158 valence electrons. The van der Waals surface area contributed by atoms with Crippen LogP contribution in [0, 0.1) is 0 Å². The number of aliphatic hydroxyl groups excluding tert-OH is 1. The Balaban J connectivity index is 2.42. The maximum atomic E-state index is 12.9. The Kier molecular flexibility index (Phi) is 7.78. The number of rotatable bonds is 6. The van der Waals surface area contributed by atoms with Gasteiger partial charge in [-0.2, -0.15) is 0 Å². The second-order valence-electron chi connectivity index (χ2n) is 6.26. The number of phenolic OH excluding ortho intramolecular Hbond substituents is 2. The van der Waals surface area contributed by atoms with Gasteiger partial charge in [0.2, 0.25) is 0 Å². The van der Waals surface area contributed by atoms with Crippen LogP contribution >= 0.6 is 23.2 Å². The Morgan fingerprint density at radius 2 is 1.79 bits per heavy atom. The molecule has 0 spiro atoms. The Morgan fingerprint density at radius 1 is 1.14 bits per heavy atom. The van der Waals surface area contributed by atoms with Crippen LogP contribution in [0.3, 0.4) is 0 Å². The third-order valence-corrected chi connectivity index (χ3v) is 5.35. The highest BCUT2D eigenvalue weighted by Gasteiger charge is 2.47. The van der Waals surface area contributed by atoms with Crippen molar-refractivity contribution in [3.05, 3.63) is 21.2 Å². The molecule has 1 heterocycles. The summed E-state index contributed by atoms with van der Waals surface area (Å²) in [6.07, 6.45) is -4.62. The summed E-state index contributed by atoms with van der Waals surface area (Å²) in [6.45, 7) is 5.36. The standard InChI is InChI=1S/C18H24Cl2O8/c1-5-8-9(13(22)11(20)14(23)10(8)19)17(24)28-15-12(21)7(3)27-18(26-6-2)16(15)25-4/h7,12,15-16,18,21-23H,5-6H2,1-4H3/t7?,12-,15?,16?,18?/m0/s1. The van der Waals surface area contributed by atoms with Crippen LogP contribution < -0.4 is 0 Å². The molecule has 3 N–H and O–H groups in total. The van der Waals surface area contributed by atoms with Gasteiger partial charge >= 0.3 is 5.97 Å². The first kappa shape index (κ1) is 23.0. The highest BCUT2D eigenvalue weighted by atomic mass is 35.5. The molecule has 0 amide bonds. The zero-order chi connectivity index (χ0) is 21.2. The largest absolute Gasteiger partial charge is 0.505 e. The van der Waals surface area contributed by atoms with E-state index in [4.69, 9.17) is 42.1 Å². The molecule has 4 unspecified atom stereocenters. The van der Waals surface area contributed by atoms with E-state index in [0.29, 0.717) is 6.61 Å². The molecule has 1 aliphatic heterocycles. The summed E-state index contributed by atoms with van der Waals surface area (Å²) in [5.41, 5.74) is -0.125. The highest BCUT2D eigenvalue weighted by molar-refractivity contribution is 6.39. The lowest BCUT2D eigenvalue weighted by atomic mass is 9.98. The second-order valence-corrected chi connectivity index (χ2v) is 7.01. The Hall–Kier alpha value is -1.29. The van der Waals surface area contributed by atoms with Gasteiger partial charge in [-0.15, -0.1) is 0 Å². The molecule has 0 bridgehead atoms. The fraction of sp³-hybridized carbons (Fsp3) is 0.611. The van der Waals surface area contributed by atoms with Gasteiger partial charge in [0.05, 0.1) is 11.1 Å². The molecule has 10 heteroatoms. The van der Waals surface area contributed by atoms with Crippen molar-refractivity contribution >= 4 is 29.2 Å². The van der Waals surface area contributed by atoms with Crippen molar-refractivity contribution in [2.75, 3.05) is 13.7 Å². The summed E-state index contributed by atoms with van der Waals surface area (Å²) in [7, 11) is 1.37. The molecule has 28 heavy (non-hydrogen) atoms. The average molecular weight is 439 g/mol. The lowest BCUT2D eigenvalue weighted by molar-refractivity contribution is -0.296. The molecule has 0 aliphatic carbocycles. The zero-order valence-electron chi connectivity index (χ0n) is 15.9. The molecule has 8 nitrogen and oxygen atoms in total. The van der Waals surface area contributed by atoms with Crippen LogP contribution in [0.15, 0.2) is 0 Å². The van der Waals surface area contributed by atoms with Crippen molar-refractivity contribution in [2.45, 2.75) is 57.9 Å². The number of carbonyl (C=O) groups excluding carboxylic acids is 1. The summed E-state index contributed by atoms with van der Waals surface area (Å²) < 4.78 is 21.9. The summed E-state index contributed by atoms with van der Waals surface area (Å²) in [5, 5.41) is 30.1. The van der Waals surface area contributed by atoms with E-state index >= 15 is 0 Å². The van der Waals surface area contributed by atoms with Gasteiger partial charge in [0.25, 0.3) is 0 Å². The first-order valence-electron chi connectivity index (χ1n) is 8.80. The first-order valence-corrected chi connectivity index (χ1v) is 9.55. The molecule has 0 aromatic heterocycles. The van der Waals surface area contributed by atoms with Gasteiger partial charge < -0.3 is 34.3 Å². The van der Waals surface area contributed by atoms with E-state index in [-0.39, 0.29) is 22.6 Å². The van der Waals surface area contributed by atoms with Crippen LogP contribution in [0.1, 0.15) is 36.7 Å². The van der Waals surface area contributed by atoms with Crippen molar-refractivity contribution in [2.24, 2.45) is 0 Å². The van der Waals surface area contributed by atoms with Gasteiger partial charge in [-0.05, 0) is 25.8 Å². The van der Waals surface area contributed by atoms with Crippen LogP contribution in [0.4, 0.5) is 0 Å². The van der Waals surface area contributed by atoms with E-state index in [9.17, 15) is 20.1 Å². The van der Waals surface area contributed by atoms with E-state index in [1.54, 1.807) is 20.8 Å². The number of hydrogen-bond donors (Lipinski definition) is 3. The van der Waals surface area contributed by atoms with Gasteiger partial charge in [0.1, 0.15) is 22.8 Å². The predicted octanol–water partition coefficient (Wildman–Crippen LogP) is 2.65. The fourth-order valence-electron chi connectivity index (χ4n) is 3.11. The van der Waals surface area contributed by atoms with Crippen LogP contribution in [0.25, 0.3) is 0 Å². The summed E-state index contributed by atoms with van der Waals surface area (Å²) in [5.74, 6) is -2.16. The van der Waals surface area contributed by atoms with E-state index in [1.807, 2.05) is 0 Å². The molecule has 0 saturated carbocycles. The topological polar surface area (TPSA) is 115 Å². The first-order chi connectivity index (χ1) is 13.2. The minimum atomic E-state index is -1.21. The second kappa shape index (κ2) is 9.47. The lowest BCUT2D eigenvalue weighted by Crippen LogP contribution is -2.59. The maximum Gasteiger partial charge on any atom is 0.342 e. The van der Waals surface area contributed by atoms with Gasteiger partial charge in [-0.25, -0.2) is 4.79 Å². The average Bonchev–Trinajstić information content (AvgIpc) is 2.67. The van der Waals surface area contributed by atoms with Crippen LogP contribution in [0.5, 0.6) is 11.5 Å². The third-order valence-electron chi connectivity index (χ3n) is 4.59. The number of carbonyl (C=O) groups is 1. The molecule has 1 aliphatic rings. The minimum Gasteiger partial charge on any atom is -0.505 e. The summed E-state index contributed by atoms with van der Waals surface area (Å²) in [6, 6.07) is 0. The maximum absolute atomic E-state index is 12.9. The Bertz CT molecular complexity index is 726. The van der Waals surface area contributed by atoms with Crippen LogP contribution in [-0.2, 0) is 25.4 Å². The monoisotopic (exact) mass is 438 g/mol. The molecule has 1 aromatic carbocycles. The molecule has 1 fully saturated rings. The van der Waals surface area contributed by atoms with E-state index in [2.05, 4.69) is 0 Å². The quantitative estimate of drug-likeness (QED) is 0.580. The number of phenols is 2. The molecule has 5 atom stereocenters. The van der Waals surface area contributed by atoms with E-state index in [1.165, 1.54) is 7.11 Å². The van der Waals surface area contributed by atoms with E-state index in [0.717, 1.165) is 0 Å². The fourth-order valence-corrected chi connectivity index (χ4v) is 3.67. The number of aliphatic hydroxyl groups is 1. The SMILES string of the molecule is CCOC1OC(C)[C@H](O)C(OC(=O)c2c(O)c(Cl)c(O)c(Cl)c2CC)C1OC. The zero-order valence-corrected chi connectivity index (χ0v) is 17.5. The van der Waals surface area contributed by atoms with Crippen LogP contribution in [-0.4, -0.2) is 65.7 Å². The third kappa shape index (κ3) is 4.17. The lowest BCUT2D eigenvalue weighted by Gasteiger charge is -2.42. The summed E-state index contributed by atoms with van der Waals surface area (Å²) in [4.78, 5) is 12.9. The van der Waals surface area contributed by atoms with Crippen molar-refractivity contribution < 1.29 is 39.1 Å². The highest BCUT2D eigenvalue weighted by Crippen LogP contribution is 2.45. The number of aromatic hydroxyl groups is 2.